The predicted molar refractivity (Wildman–Crippen MR) is 131 cm³/mol. The summed E-state index contributed by atoms with van der Waals surface area (Å²) >= 11 is 0. The van der Waals surface area contributed by atoms with E-state index in [0.717, 1.165) is 60.4 Å². The zero-order chi connectivity index (χ0) is 23.1. The lowest BCUT2D eigenvalue weighted by Gasteiger charge is -2.36. The maximum Gasteiger partial charge on any atom is 0.328 e. The summed E-state index contributed by atoms with van der Waals surface area (Å²) in [6.07, 6.45) is 11.9. The zero-order valence-electron chi connectivity index (χ0n) is 18.5. The van der Waals surface area contributed by atoms with Gasteiger partial charge in [-0.05, 0) is 65.8 Å². The SMILES string of the molecule is O=C(O)/C=C/c1cccc(NC(=O)C2(Cc3ccc(-c4cccnc4)cc3)CCCCC2)c1. The molecule has 4 rings (SSSR count). The molecule has 0 saturated heterocycles. The van der Waals surface area contributed by atoms with Gasteiger partial charge in [0.05, 0.1) is 5.41 Å². The standard InChI is InChI=1S/C28H28N2O3/c31-26(32)14-11-21-6-4-8-25(18-21)30-27(33)28(15-2-1-3-16-28)19-22-9-12-23(13-10-22)24-7-5-17-29-20-24/h4-14,17-18,20H,1-3,15-16,19H2,(H,30,33)(H,31,32)/b14-11+. The van der Waals surface area contributed by atoms with Crippen LogP contribution in [0.4, 0.5) is 5.69 Å². The first-order chi connectivity index (χ1) is 16.0. The third-order valence-electron chi connectivity index (χ3n) is 6.35. The van der Waals surface area contributed by atoms with Crippen molar-refractivity contribution in [3.63, 3.8) is 0 Å². The quantitative estimate of drug-likeness (QED) is 0.443. The predicted octanol–water partition coefficient (Wildman–Crippen LogP) is 5.98. The average molecular weight is 441 g/mol. The molecule has 1 aliphatic rings. The maximum absolute atomic E-state index is 13.5. The second-order valence-electron chi connectivity index (χ2n) is 8.71. The number of nitrogens with one attached hydrogen (secondary N) is 1. The molecule has 1 saturated carbocycles. The summed E-state index contributed by atoms with van der Waals surface area (Å²) in [6, 6.07) is 19.7. The first-order valence-electron chi connectivity index (χ1n) is 11.4. The molecule has 0 bridgehead atoms. The van der Waals surface area contributed by atoms with E-state index in [-0.39, 0.29) is 5.91 Å². The molecule has 0 aliphatic heterocycles. The van der Waals surface area contributed by atoms with Crippen LogP contribution in [-0.2, 0) is 16.0 Å². The van der Waals surface area contributed by atoms with Crippen molar-refractivity contribution < 1.29 is 14.7 Å². The first kappa shape index (κ1) is 22.5. The number of carboxylic acid groups (broad SMARTS) is 1. The van der Waals surface area contributed by atoms with Gasteiger partial charge in [0, 0.05) is 24.2 Å². The van der Waals surface area contributed by atoms with Gasteiger partial charge in [-0.3, -0.25) is 9.78 Å². The van der Waals surface area contributed by atoms with E-state index in [1.807, 2.05) is 36.5 Å². The lowest BCUT2D eigenvalue weighted by atomic mass is 9.69. The second-order valence-corrected chi connectivity index (χ2v) is 8.71. The van der Waals surface area contributed by atoms with Gasteiger partial charge < -0.3 is 10.4 Å². The summed E-state index contributed by atoms with van der Waals surface area (Å²) < 4.78 is 0. The number of pyridine rings is 1. The summed E-state index contributed by atoms with van der Waals surface area (Å²) in [5.74, 6) is -0.960. The smallest absolute Gasteiger partial charge is 0.328 e. The molecule has 0 unspecified atom stereocenters. The summed E-state index contributed by atoms with van der Waals surface area (Å²) in [7, 11) is 0. The molecule has 33 heavy (non-hydrogen) atoms. The van der Waals surface area contributed by atoms with E-state index >= 15 is 0 Å². The molecule has 1 aliphatic carbocycles. The number of hydrogen-bond acceptors (Lipinski definition) is 3. The fourth-order valence-corrected chi connectivity index (χ4v) is 4.60. The van der Waals surface area contributed by atoms with Crippen LogP contribution in [0.25, 0.3) is 17.2 Å². The van der Waals surface area contributed by atoms with E-state index in [1.165, 1.54) is 6.08 Å². The highest BCUT2D eigenvalue weighted by molar-refractivity contribution is 5.96. The molecule has 2 N–H and O–H groups in total. The molecule has 0 spiro atoms. The van der Waals surface area contributed by atoms with Crippen molar-refractivity contribution in [3.8, 4) is 11.1 Å². The van der Waals surface area contributed by atoms with Gasteiger partial charge in [-0.1, -0.05) is 61.7 Å². The molecule has 1 amide bonds. The van der Waals surface area contributed by atoms with Crippen LogP contribution in [0.3, 0.4) is 0 Å². The summed E-state index contributed by atoms with van der Waals surface area (Å²) in [6.45, 7) is 0. The number of rotatable bonds is 7. The number of amides is 1. The van der Waals surface area contributed by atoms with E-state index in [2.05, 4.69) is 34.6 Å². The first-order valence-corrected chi connectivity index (χ1v) is 11.4. The zero-order valence-corrected chi connectivity index (χ0v) is 18.5. The van der Waals surface area contributed by atoms with Crippen molar-refractivity contribution in [3.05, 3.63) is 90.3 Å². The fourth-order valence-electron chi connectivity index (χ4n) is 4.60. The monoisotopic (exact) mass is 440 g/mol. The van der Waals surface area contributed by atoms with E-state index in [0.29, 0.717) is 12.1 Å². The summed E-state index contributed by atoms with van der Waals surface area (Å²) in [5.41, 5.74) is 4.31. The lowest BCUT2D eigenvalue weighted by Crippen LogP contribution is -2.40. The van der Waals surface area contributed by atoms with Crippen LogP contribution in [-0.4, -0.2) is 22.0 Å². The van der Waals surface area contributed by atoms with Gasteiger partial charge in [0.1, 0.15) is 0 Å². The van der Waals surface area contributed by atoms with Crippen LogP contribution in [0.2, 0.25) is 0 Å². The van der Waals surface area contributed by atoms with E-state index < -0.39 is 11.4 Å². The summed E-state index contributed by atoms with van der Waals surface area (Å²) in [5, 5.41) is 12.0. The van der Waals surface area contributed by atoms with Crippen molar-refractivity contribution in [2.75, 3.05) is 5.32 Å². The molecule has 168 valence electrons. The van der Waals surface area contributed by atoms with Gasteiger partial charge in [0.15, 0.2) is 0 Å². The van der Waals surface area contributed by atoms with Crippen molar-refractivity contribution in [1.29, 1.82) is 0 Å². The highest BCUT2D eigenvalue weighted by Gasteiger charge is 2.39. The number of aromatic nitrogens is 1. The van der Waals surface area contributed by atoms with Crippen molar-refractivity contribution in [2.45, 2.75) is 38.5 Å². The van der Waals surface area contributed by atoms with E-state index in [1.54, 1.807) is 12.3 Å². The number of benzene rings is 2. The third kappa shape index (κ3) is 5.75. The minimum Gasteiger partial charge on any atom is -0.478 e. The minimum absolute atomic E-state index is 0.0397. The van der Waals surface area contributed by atoms with Gasteiger partial charge in [-0.25, -0.2) is 4.79 Å². The van der Waals surface area contributed by atoms with Gasteiger partial charge >= 0.3 is 5.97 Å². The van der Waals surface area contributed by atoms with Crippen molar-refractivity contribution in [1.82, 2.24) is 4.98 Å². The molecule has 1 aromatic heterocycles. The van der Waals surface area contributed by atoms with Crippen molar-refractivity contribution in [2.24, 2.45) is 5.41 Å². The molecule has 2 aromatic carbocycles. The van der Waals surface area contributed by atoms with Gasteiger partial charge in [-0.15, -0.1) is 0 Å². The molecule has 1 fully saturated rings. The number of hydrogen-bond donors (Lipinski definition) is 2. The Morgan fingerprint density at radius 1 is 0.970 bits per heavy atom. The Kier molecular flexibility index (Phi) is 6.98. The highest BCUT2D eigenvalue weighted by Crippen LogP contribution is 2.40. The molecule has 3 aromatic rings. The van der Waals surface area contributed by atoms with Gasteiger partial charge in [0.25, 0.3) is 0 Å². The Morgan fingerprint density at radius 2 is 1.76 bits per heavy atom. The van der Waals surface area contributed by atoms with E-state index in [4.69, 9.17) is 5.11 Å². The number of carbonyl (C=O) groups is 2. The van der Waals surface area contributed by atoms with Crippen LogP contribution in [0.5, 0.6) is 0 Å². The maximum atomic E-state index is 13.5. The van der Waals surface area contributed by atoms with Crippen LogP contribution < -0.4 is 5.32 Å². The molecular weight excluding hydrogens is 412 g/mol. The minimum atomic E-state index is -1.000. The molecule has 0 radical (unpaired) electrons. The second kappa shape index (κ2) is 10.3. The largest absolute Gasteiger partial charge is 0.478 e. The Morgan fingerprint density at radius 3 is 2.45 bits per heavy atom. The third-order valence-corrected chi connectivity index (χ3v) is 6.35. The highest BCUT2D eigenvalue weighted by atomic mass is 16.4. The molecule has 5 nitrogen and oxygen atoms in total. The summed E-state index contributed by atoms with van der Waals surface area (Å²) in [4.78, 5) is 28.5. The molecule has 5 heteroatoms. The van der Waals surface area contributed by atoms with Crippen molar-refractivity contribution >= 4 is 23.6 Å². The van der Waals surface area contributed by atoms with Crippen LogP contribution in [0.1, 0.15) is 43.2 Å². The van der Waals surface area contributed by atoms with Crippen LogP contribution in [0.15, 0.2) is 79.1 Å². The molecule has 1 heterocycles. The Labute approximate surface area is 194 Å². The van der Waals surface area contributed by atoms with Gasteiger partial charge in [-0.2, -0.15) is 0 Å². The number of carbonyl (C=O) groups excluding carboxylic acids is 1. The van der Waals surface area contributed by atoms with Crippen LogP contribution in [0, 0.1) is 5.41 Å². The Bertz CT molecular complexity index is 1130. The average Bonchev–Trinajstić information content (AvgIpc) is 2.84. The van der Waals surface area contributed by atoms with E-state index in [9.17, 15) is 9.59 Å². The Hall–Kier alpha value is -3.73. The Balaban J connectivity index is 1.52. The molecule has 0 atom stereocenters. The number of carboxylic acids is 1. The number of nitrogens with zero attached hydrogens (tertiary/aromatic N) is 1. The fraction of sp³-hybridized carbons (Fsp3) is 0.250. The number of aliphatic carboxylic acids is 1. The number of anilines is 1. The normalized spacial score (nSPS) is 15.3. The topological polar surface area (TPSA) is 79.3 Å². The molecular formula is C28H28N2O3. The van der Waals surface area contributed by atoms with Gasteiger partial charge in [0.2, 0.25) is 5.91 Å². The van der Waals surface area contributed by atoms with Crippen LogP contribution >= 0.6 is 0 Å². The lowest BCUT2D eigenvalue weighted by molar-refractivity contribution is -0.131.